The van der Waals surface area contributed by atoms with E-state index in [1.807, 2.05) is 32.1 Å². The predicted molar refractivity (Wildman–Crippen MR) is 149 cm³/mol. The zero-order chi connectivity index (χ0) is 28.3. The molecule has 2 aromatic carbocycles. The average molecular weight is 538 g/mol. The van der Waals surface area contributed by atoms with Crippen molar-refractivity contribution in [2.24, 2.45) is 17.8 Å². The number of allylic oxidation sites excluding steroid dienone is 6. The van der Waals surface area contributed by atoms with Crippen LogP contribution < -0.4 is 9.64 Å². The van der Waals surface area contributed by atoms with E-state index in [1.165, 1.54) is 11.0 Å². The number of benzene rings is 2. The van der Waals surface area contributed by atoms with Crippen LogP contribution in [0.5, 0.6) is 11.5 Å². The molecule has 1 N–H and O–H groups in total. The van der Waals surface area contributed by atoms with Crippen molar-refractivity contribution in [3.8, 4) is 11.5 Å². The first-order chi connectivity index (χ1) is 19.3. The number of phenolic OH excluding ortho intramolecular Hbond substituents is 1. The van der Waals surface area contributed by atoms with Crippen LogP contribution in [0.3, 0.4) is 0 Å². The summed E-state index contributed by atoms with van der Waals surface area (Å²) in [5.41, 5.74) is 3.94. The third-order valence-corrected chi connectivity index (χ3v) is 8.81. The molecule has 7 heteroatoms. The van der Waals surface area contributed by atoms with Gasteiger partial charge in [-0.2, -0.15) is 0 Å². The summed E-state index contributed by atoms with van der Waals surface area (Å²) in [5.74, 6) is -3.24. The molecule has 40 heavy (non-hydrogen) atoms. The van der Waals surface area contributed by atoms with E-state index in [0.717, 1.165) is 17.6 Å². The van der Waals surface area contributed by atoms with E-state index < -0.39 is 23.7 Å². The van der Waals surface area contributed by atoms with E-state index in [4.69, 9.17) is 4.74 Å². The first kappa shape index (κ1) is 26.0. The molecule has 6 rings (SSSR count). The van der Waals surface area contributed by atoms with E-state index in [2.05, 4.69) is 0 Å². The Balaban J connectivity index is 1.48. The van der Waals surface area contributed by atoms with E-state index in [1.54, 1.807) is 37.3 Å². The maximum atomic E-state index is 14.0. The first-order valence-electron chi connectivity index (χ1n) is 13.9. The number of fused-ring (bicyclic) bond motifs is 3. The summed E-state index contributed by atoms with van der Waals surface area (Å²) in [5, 5.41) is 11.3. The Morgan fingerprint density at radius 3 is 2.42 bits per heavy atom. The van der Waals surface area contributed by atoms with Crippen molar-refractivity contribution in [3.63, 3.8) is 0 Å². The van der Waals surface area contributed by atoms with Crippen LogP contribution in [0.2, 0.25) is 0 Å². The highest BCUT2D eigenvalue weighted by Crippen LogP contribution is 2.57. The van der Waals surface area contributed by atoms with Gasteiger partial charge in [-0.15, -0.1) is 0 Å². The number of nitrogens with zero attached hydrogens (tertiary/aromatic N) is 1. The lowest BCUT2D eigenvalue weighted by Crippen LogP contribution is -2.39. The molecule has 4 aliphatic rings. The van der Waals surface area contributed by atoms with Crippen molar-refractivity contribution in [1.82, 2.24) is 0 Å². The molecule has 204 valence electrons. The Morgan fingerprint density at radius 2 is 1.73 bits per heavy atom. The largest absolute Gasteiger partial charge is 0.504 e. The Bertz CT molecular complexity index is 1560. The molecule has 0 saturated carbocycles. The van der Waals surface area contributed by atoms with E-state index in [9.17, 15) is 24.3 Å². The number of carbonyl (C=O) groups excluding carboxylic acids is 4. The molecule has 0 spiro atoms. The smallest absolute Gasteiger partial charge is 0.238 e. The number of hydrogen-bond acceptors (Lipinski definition) is 6. The maximum absolute atomic E-state index is 14.0. The molecular weight excluding hydrogens is 506 g/mol. The summed E-state index contributed by atoms with van der Waals surface area (Å²) in [6.07, 6.45) is 4.69. The van der Waals surface area contributed by atoms with Crippen LogP contribution in [0.15, 0.2) is 76.9 Å². The highest BCUT2D eigenvalue weighted by atomic mass is 16.5. The fourth-order valence-electron chi connectivity index (χ4n) is 6.90. The van der Waals surface area contributed by atoms with Gasteiger partial charge in [-0.25, -0.2) is 0 Å². The van der Waals surface area contributed by atoms with Gasteiger partial charge in [0.15, 0.2) is 23.1 Å². The zero-order valence-electron chi connectivity index (χ0n) is 22.8. The van der Waals surface area contributed by atoms with Gasteiger partial charge in [-0.05, 0) is 68.9 Å². The molecule has 0 bridgehead atoms. The second-order valence-corrected chi connectivity index (χ2v) is 10.9. The number of ether oxygens (including phenoxy) is 1. The maximum Gasteiger partial charge on any atom is 0.238 e. The normalized spacial score (nSPS) is 25.8. The minimum atomic E-state index is -0.726. The minimum absolute atomic E-state index is 0.0937. The fraction of sp³-hybridized carbons (Fsp3) is 0.333. The van der Waals surface area contributed by atoms with Crippen molar-refractivity contribution in [2.75, 3.05) is 11.5 Å². The fourth-order valence-corrected chi connectivity index (χ4v) is 6.90. The van der Waals surface area contributed by atoms with Crippen LogP contribution in [-0.4, -0.2) is 35.1 Å². The number of ketones is 2. The van der Waals surface area contributed by atoms with Crippen LogP contribution in [0.4, 0.5) is 5.69 Å². The lowest BCUT2D eigenvalue weighted by Gasteiger charge is -2.42. The number of amides is 2. The number of Topliss-reactive ketones (excluding diaryl/α,β-unsaturated/α-hetero) is 1. The van der Waals surface area contributed by atoms with Crippen molar-refractivity contribution < 1.29 is 29.0 Å². The second kappa shape index (κ2) is 9.73. The Morgan fingerprint density at radius 1 is 0.975 bits per heavy atom. The molecule has 4 atom stereocenters. The topological polar surface area (TPSA) is 101 Å². The number of para-hydroxylation sites is 1. The second-order valence-electron chi connectivity index (χ2n) is 10.9. The standard InChI is InChI=1S/C33H31NO6/c1-4-18-9-11-19(12-10-18)34-32(38)22-14-13-20-23(28(22)33(34)39)16-24-25(35)15-17(3)30(36)29(24)27(20)21-7-6-8-26(31(21)37)40-5-2/h6-13,15,22-23,27-28,37H,4-5,14,16H2,1-3H3/t22-,23+,27+,28-/m0/s1. The summed E-state index contributed by atoms with van der Waals surface area (Å²) in [4.78, 5) is 55.8. The van der Waals surface area contributed by atoms with Crippen LogP contribution in [0.25, 0.3) is 0 Å². The molecule has 1 aliphatic heterocycles. The molecule has 7 nitrogen and oxygen atoms in total. The van der Waals surface area contributed by atoms with Gasteiger partial charge in [0.2, 0.25) is 11.8 Å². The van der Waals surface area contributed by atoms with Gasteiger partial charge in [0.05, 0.1) is 24.1 Å². The Hall–Kier alpha value is -4.26. The van der Waals surface area contributed by atoms with Gasteiger partial charge in [0, 0.05) is 28.2 Å². The number of aryl methyl sites for hydroxylation is 1. The number of rotatable bonds is 5. The zero-order valence-corrected chi connectivity index (χ0v) is 22.8. The molecule has 1 heterocycles. The summed E-state index contributed by atoms with van der Waals surface area (Å²) in [6.45, 7) is 5.82. The van der Waals surface area contributed by atoms with Gasteiger partial charge >= 0.3 is 0 Å². The SMILES string of the molecule is CCOc1cccc([C@H]2C3=CC[C@@H]4C(=O)N(c5ccc(CC)cc5)C(=O)[C@@H]4[C@@H]3CC3=C2C(=O)C(C)=CC3=O)c1O. The monoisotopic (exact) mass is 537 g/mol. The van der Waals surface area contributed by atoms with E-state index >= 15 is 0 Å². The summed E-state index contributed by atoms with van der Waals surface area (Å²) >= 11 is 0. The Kier molecular flexibility index (Phi) is 6.32. The van der Waals surface area contributed by atoms with Gasteiger partial charge < -0.3 is 9.84 Å². The van der Waals surface area contributed by atoms with Gasteiger partial charge in [0.1, 0.15) is 0 Å². The average Bonchev–Trinajstić information content (AvgIpc) is 3.21. The summed E-state index contributed by atoms with van der Waals surface area (Å²) in [6, 6.07) is 12.6. The van der Waals surface area contributed by atoms with E-state index in [-0.39, 0.29) is 41.3 Å². The van der Waals surface area contributed by atoms with Crippen molar-refractivity contribution >= 4 is 29.1 Å². The molecule has 0 aromatic heterocycles. The molecule has 2 amide bonds. The van der Waals surface area contributed by atoms with Crippen molar-refractivity contribution in [3.05, 3.63) is 88.0 Å². The first-order valence-corrected chi connectivity index (χ1v) is 13.9. The molecule has 3 aliphatic carbocycles. The number of imide groups is 1. The van der Waals surface area contributed by atoms with Gasteiger partial charge in [-0.1, -0.05) is 42.8 Å². The van der Waals surface area contributed by atoms with Gasteiger partial charge in [0.25, 0.3) is 0 Å². The number of aromatic hydroxyl groups is 1. The quantitative estimate of drug-likeness (QED) is 0.328. The molecular formula is C33H31NO6. The van der Waals surface area contributed by atoms with Crippen LogP contribution in [0, 0.1) is 17.8 Å². The molecule has 2 aromatic rings. The number of carbonyl (C=O) groups is 4. The summed E-state index contributed by atoms with van der Waals surface area (Å²) in [7, 11) is 0. The molecule has 0 radical (unpaired) electrons. The Labute approximate surface area is 232 Å². The molecule has 0 unspecified atom stereocenters. The third-order valence-electron chi connectivity index (χ3n) is 8.81. The van der Waals surface area contributed by atoms with Crippen molar-refractivity contribution in [1.29, 1.82) is 0 Å². The molecule has 1 saturated heterocycles. The lowest BCUT2D eigenvalue weighted by atomic mass is 9.59. The number of hydrogen-bond donors (Lipinski definition) is 1. The lowest BCUT2D eigenvalue weighted by molar-refractivity contribution is -0.123. The van der Waals surface area contributed by atoms with E-state index in [0.29, 0.717) is 41.0 Å². The number of phenols is 1. The summed E-state index contributed by atoms with van der Waals surface area (Å²) < 4.78 is 5.64. The molecule has 1 fully saturated rings. The van der Waals surface area contributed by atoms with Crippen molar-refractivity contribution in [2.45, 2.75) is 46.0 Å². The van der Waals surface area contributed by atoms with Gasteiger partial charge in [-0.3, -0.25) is 24.1 Å². The highest BCUT2D eigenvalue weighted by Gasteiger charge is 2.56. The predicted octanol–water partition coefficient (Wildman–Crippen LogP) is 4.99. The minimum Gasteiger partial charge on any atom is -0.504 e. The number of anilines is 1. The van der Waals surface area contributed by atoms with Crippen LogP contribution in [-0.2, 0) is 25.6 Å². The highest BCUT2D eigenvalue weighted by molar-refractivity contribution is 6.25. The third kappa shape index (κ3) is 3.79. The van der Waals surface area contributed by atoms with Crippen LogP contribution >= 0.6 is 0 Å². The van der Waals surface area contributed by atoms with Crippen LogP contribution in [0.1, 0.15) is 50.7 Å².